The third-order valence-electron chi connectivity index (χ3n) is 5.93. The van der Waals surface area contributed by atoms with Crippen molar-refractivity contribution >= 4 is 15.8 Å². The highest BCUT2D eigenvalue weighted by Crippen LogP contribution is 2.29. The first kappa shape index (κ1) is 20.2. The van der Waals surface area contributed by atoms with Gasteiger partial charge in [0, 0.05) is 31.6 Å². The predicted molar refractivity (Wildman–Crippen MR) is 112 cm³/mol. The van der Waals surface area contributed by atoms with Gasteiger partial charge in [0.1, 0.15) is 0 Å². The molecular formula is C21H33N3O2S. The van der Waals surface area contributed by atoms with Crippen molar-refractivity contribution in [3.8, 4) is 0 Å². The molecule has 3 atom stereocenters. The predicted octanol–water partition coefficient (Wildman–Crippen LogP) is 2.96. The molecule has 5 nitrogen and oxygen atoms in total. The molecule has 0 radical (unpaired) electrons. The molecule has 1 aromatic rings. The molecule has 0 saturated carbocycles. The van der Waals surface area contributed by atoms with Gasteiger partial charge in [-0.1, -0.05) is 31.2 Å². The van der Waals surface area contributed by atoms with E-state index in [1.807, 2.05) is 0 Å². The Labute approximate surface area is 164 Å². The van der Waals surface area contributed by atoms with Crippen LogP contribution in [0.2, 0.25) is 0 Å². The zero-order valence-corrected chi connectivity index (χ0v) is 17.6. The average Bonchev–Trinajstić information content (AvgIpc) is 3.25. The maximum Gasteiger partial charge on any atom is 0.194 e. The Balaban J connectivity index is 1.70. The second-order valence-corrected chi connectivity index (χ2v) is 10.4. The van der Waals surface area contributed by atoms with Crippen LogP contribution in [-0.4, -0.2) is 56.5 Å². The summed E-state index contributed by atoms with van der Waals surface area (Å²) in [7, 11) is -2.84. The standard InChI is InChI=1S/C21H33N3O2S/c1-4-17(3)23-21(22-13-18-10-12-27(25,26)15-18)24-11-9-19(14-24)20-8-6-5-7-16(20)2/h5-8,17-19H,4,9-15H2,1-3H3,(H,22,23). The SMILES string of the molecule is CCC(C)NC(=NCC1CCS(=O)(=O)C1)N1CCC(c2ccccc2C)C1. The van der Waals surface area contributed by atoms with Crippen molar-refractivity contribution in [2.45, 2.75) is 52.0 Å². The van der Waals surface area contributed by atoms with Crippen LogP contribution in [0, 0.1) is 12.8 Å². The maximum atomic E-state index is 11.7. The van der Waals surface area contributed by atoms with Gasteiger partial charge in [0.25, 0.3) is 0 Å². The van der Waals surface area contributed by atoms with Crippen LogP contribution in [0.4, 0.5) is 0 Å². The first-order valence-electron chi connectivity index (χ1n) is 10.2. The summed E-state index contributed by atoms with van der Waals surface area (Å²) in [5, 5.41) is 3.57. The summed E-state index contributed by atoms with van der Waals surface area (Å²) >= 11 is 0. The minimum atomic E-state index is -2.84. The molecule has 0 spiro atoms. The Kier molecular flexibility index (Phi) is 6.45. The largest absolute Gasteiger partial charge is 0.354 e. The molecule has 2 saturated heterocycles. The monoisotopic (exact) mass is 391 g/mol. The van der Waals surface area contributed by atoms with E-state index in [0.29, 0.717) is 30.0 Å². The minimum absolute atomic E-state index is 0.165. The quantitative estimate of drug-likeness (QED) is 0.619. The number of guanidine groups is 1. The lowest BCUT2D eigenvalue weighted by atomic mass is 9.94. The van der Waals surface area contributed by atoms with Gasteiger partial charge in [-0.2, -0.15) is 0 Å². The van der Waals surface area contributed by atoms with Crippen molar-refractivity contribution < 1.29 is 8.42 Å². The molecule has 0 aromatic heterocycles. The molecule has 27 heavy (non-hydrogen) atoms. The van der Waals surface area contributed by atoms with E-state index in [0.717, 1.165) is 38.3 Å². The molecule has 2 fully saturated rings. The number of hydrogen-bond acceptors (Lipinski definition) is 3. The van der Waals surface area contributed by atoms with E-state index in [1.165, 1.54) is 11.1 Å². The Morgan fingerprint density at radius 1 is 1.33 bits per heavy atom. The zero-order valence-electron chi connectivity index (χ0n) is 16.8. The minimum Gasteiger partial charge on any atom is -0.354 e. The van der Waals surface area contributed by atoms with Crippen molar-refractivity contribution in [1.29, 1.82) is 0 Å². The Morgan fingerprint density at radius 2 is 2.11 bits per heavy atom. The molecule has 2 aliphatic heterocycles. The Morgan fingerprint density at radius 3 is 2.78 bits per heavy atom. The highest BCUT2D eigenvalue weighted by molar-refractivity contribution is 7.91. The summed E-state index contributed by atoms with van der Waals surface area (Å²) in [5.41, 5.74) is 2.79. The topological polar surface area (TPSA) is 61.8 Å². The van der Waals surface area contributed by atoms with E-state index in [9.17, 15) is 8.42 Å². The summed E-state index contributed by atoms with van der Waals surface area (Å²) in [6, 6.07) is 9.00. The van der Waals surface area contributed by atoms with E-state index in [-0.39, 0.29) is 5.92 Å². The van der Waals surface area contributed by atoms with Gasteiger partial charge in [-0.05, 0) is 50.2 Å². The Hall–Kier alpha value is -1.56. The van der Waals surface area contributed by atoms with E-state index in [4.69, 9.17) is 4.99 Å². The number of benzene rings is 1. The number of aliphatic imine (C=N–C) groups is 1. The van der Waals surface area contributed by atoms with Gasteiger partial charge in [0.15, 0.2) is 15.8 Å². The van der Waals surface area contributed by atoms with Crippen LogP contribution in [0.25, 0.3) is 0 Å². The lowest BCUT2D eigenvalue weighted by Gasteiger charge is -2.25. The molecule has 0 bridgehead atoms. The third-order valence-corrected chi connectivity index (χ3v) is 7.77. The van der Waals surface area contributed by atoms with E-state index < -0.39 is 9.84 Å². The van der Waals surface area contributed by atoms with Crippen LogP contribution >= 0.6 is 0 Å². The van der Waals surface area contributed by atoms with Gasteiger partial charge in [-0.25, -0.2) is 8.42 Å². The number of sulfone groups is 1. The molecule has 0 aliphatic carbocycles. The fourth-order valence-corrected chi connectivity index (χ4v) is 5.89. The zero-order chi connectivity index (χ0) is 19.4. The van der Waals surface area contributed by atoms with Gasteiger partial charge in [0.05, 0.1) is 11.5 Å². The Bertz CT molecular complexity index is 775. The second-order valence-electron chi connectivity index (χ2n) is 8.18. The van der Waals surface area contributed by atoms with E-state index in [1.54, 1.807) is 0 Å². The number of likely N-dealkylation sites (tertiary alicyclic amines) is 1. The second kappa shape index (κ2) is 8.63. The van der Waals surface area contributed by atoms with Crippen LogP contribution in [0.3, 0.4) is 0 Å². The lowest BCUT2D eigenvalue weighted by Crippen LogP contribution is -2.44. The van der Waals surface area contributed by atoms with Gasteiger partial charge in [-0.15, -0.1) is 0 Å². The van der Waals surface area contributed by atoms with Crippen molar-refractivity contribution in [2.24, 2.45) is 10.9 Å². The number of nitrogens with one attached hydrogen (secondary N) is 1. The first-order valence-corrected chi connectivity index (χ1v) is 12.0. The summed E-state index contributed by atoms with van der Waals surface area (Å²) in [4.78, 5) is 7.21. The molecule has 150 valence electrons. The molecule has 6 heteroatoms. The van der Waals surface area contributed by atoms with E-state index in [2.05, 4.69) is 55.3 Å². The smallest absolute Gasteiger partial charge is 0.194 e. The molecule has 3 unspecified atom stereocenters. The normalized spacial score (nSPS) is 26.3. The molecule has 1 N–H and O–H groups in total. The van der Waals surface area contributed by atoms with Crippen LogP contribution in [0.5, 0.6) is 0 Å². The molecule has 3 rings (SSSR count). The molecule has 2 heterocycles. The van der Waals surface area contributed by atoms with Crippen LogP contribution in [0.1, 0.15) is 50.2 Å². The number of hydrogen-bond donors (Lipinski definition) is 1. The maximum absolute atomic E-state index is 11.7. The van der Waals surface area contributed by atoms with Crippen LogP contribution in [0.15, 0.2) is 29.3 Å². The van der Waals surface area contributed by atoms with Crippen molar-refractivity contribution in [3.05, 3.63) is 35.4 Å². The first-order chi connectivity index (χ1) is 12.9. The van der Waals surface area contributed by atoms with Gasteiger partial charge < -0.3 is 10.2 Å². The van der Waals surface area contributed by atoms with Gasteiger partial charge in [0.2, 0.25) is 0 Å². The van der Waals surface area contributed by atoms with E-state index >= 15 is 0 Å². The highest BCUT2D eigenvalue weighted by Gasteiger charge is 2.30. The fraction of sp³-hybridized carbons (Fsp3) is 0.667. The summed E-state index contributed by atoms with van der Waals surface area (Å²) in [6.07, 6.45) is 2.91. The molecule has 0 amide bonds. The van der Waals surface area contributed by atoms with Crippen molar-refractivity contribution in [3.63, 3.8) is 0 Å². The summed E-state index contributed by atoms with van der Waals surface area (Å²) in [6.45, 7) is 9.08. The van der Waals surface area contributed by atoms with Crippen molar-refractivity contribution in [1.82, 2.24) is 10.2 Å². The van der Waals surface area contributed by atoms with Gasteiger partial charge in [-0.3, -0.25) is 4.99 Å². The third kappa shape index (κ3) is 5.24. The van der Waals surface area contributed by atoms with Crippen molar-refractivity contribution in [2.75, 3.05) is 31.1 Å². The number of nitrogens with zero attached hydrogens (tertiary/aromatic N) is 2. The summed E-state index contributed by atoms with van der Waals surface area (Å²) < 4.78 is 23.4. The molecule has 2 aliphatic rings. The molecular weight excluding hydrogens is 358 g/mol. The van der Waals surface area contributed by atoms with Crippen LogP contribution in [-0.2, 0) is 9.84 Å². The van der Waals surface area contributed by atoms with Crippen LogP contribution < -0.4 is 5.32 Å². The average molecular weight is 392 g/mol. The summed E-state index contributed by atoms with van der Waals surface area (Å²) in [5.74, 6) is 2.25. The lowest BCUT2D eigenvalue weighted by molar-refractivity contribution is 0.462. The molecule has 1 aromatic carbocycles. The number of aryl methyl sites for hydroxylation is 1. The highest BCUT2D eigenvalue weighted by atomic mass is 32.2. The fourth-order valence-electron chi connectivity index (χ4n) is 4.04. The van der Waals surface area contributed by atoms with Gasteiger partial charge >= 0.3 is 0 Å². The number of rotatable bonds is 5.